The summed E-state index contributed by atoms with van der Waals surface area (Å²) in [4.78, 5) is 22.3. The molecule has 0 bridgehead atoms. The molecular weight excluding hydrogens is 374 g/mol. The second kappa shape index (κ2) is 10.2. The quantitative estimate of drug-likeness (QED) is 0.449. The highest BCUT2D eigenvalue weighted by Gasteiger charge is 2.26. The molecule has 152 valence electrons. The van der Waals surface area contributed by atoms with Gasteiger partial charge in [-0.1, -0.05) is 27.2 Å². The number of rotatable bonds is 11. The van der Waals surface area contributed by atoms with Crippen molar-refractivity contribution >= 4 is 21.6 Å². The standard InChI is InChI=1S/C17H27N3O6S/c1-5-8-13(4)18-17(21)12-26-16-10-9-14(11-15(16)20(22)23)27(24,25)19(6-2)7-3/h9-11,13H,5-8,12H2,1-4H3,(H,18,21). The molecular formula is C17H27N3O6S. The van der Waals surface area contributed by atoms with Crippen LogP contribution in [0.25, 0.3) is 0 Å². The maximum Gasteiger partial charge on any atom is 0.312 e. The number of amides is 1. The van der Waals surface area contributed by atoms with Crippen molar-refractivity contribution in [2.75, 3.05) is 19.7 Å². The normalized spacial score (nSPS) is 12.6. The molecule has 0 heterocycles. The predicted molar refractivity (Wildman–Crippen MR) is 101 cm³/mol. The summed E-state index contributed by atoms with van der Waals surface area (Å²) in [6.07, 6.45) is 1.72. The molecule has 1 N–H and O–H groups in total. The lowest BCUT2D eigenvalue weighted by Gasteiger charge is -2.18. The summed E-state index contributed by atoms with van der Waals surface area (Å²) in [7, 11) is -3.83. The van der Waals surface area contributed by atoms with Gasteiger partial charge in [-0.2, -0.15) is 4.31 Å². The SMILES string of the molecule is CCCC(C)NC(=O)COc1ccc(S(=O)(=O)N(CC)CC)cc1[N+](=O)[O-]. The maximum absolute atomic E-state index is 12.5. The molecule has 0 radical (unpaired) electrons. The van der Waals surface area contributed by atoms with Crippen LogP contribution in [0.4, 0.5) is 5.69 Å². The number of sulfonamides is 1. The Balaban J connectivity index is 3.01. The van der Waals surface area contributed by atoms with Gasteiger partial charge in [0.1, 0.15) is 0 Å². The minimum atomic E-state index is -3.83. The van der Waals surface area contributed by atoms with Gasteiger partial charge < -0.3 is 10.1 Å². The molecule has 1 rings (SSSR count). The molecule has 0 spiro atoms. The number of nitro benzene ring substituents is 1. The molecule has 1 atom stereocenters. The van der Waals surface area contributed by atoms with Crippen LogP contribution in [-0.2, 0) is 14.8 Å². The minimum absolute atomic E-state index is 0.0253. The van der Waals surface area contributed by atoms with E-state index in [2.05, 4.69) is 5.32 Å². The van der Waals surface area contributed by atoms with Crippen LogP contribution in [0.3, 0.4) is 0 Å². The largest absolute Gasteiger partial charge is 0.477 e. The summed E-state index contributed by atoms with van der Waals surface area (Å²) >= 11 is 0. The molecule has 0 aliphatic rings. The average Bonchev–Trinajstić information content (AvgIpc) is 2.60. The Morgan fingerprint density at radius 1 is 1.30 bits per heavy atom. The topological polar surface area (TPSA) is 119 Å². The molecule has 1 amide bonds. The van der Waals surface area contributed by atoms with Crippen LogP contribution in [0.2, 0.25) is 0 Å². The first-order valence-electron chi connectivity index (χ1n) is 8.88. The van der Waals surface area contributed by atoms with Crippen molar-refractivity contribution in [3.8, 4) is 5.75 Å². The minimum Gasteiger partial charge on any atom is -0.477 e. The van der Waals surface area contributed by atoms with Gasteiger partial charge in [-0.05, 0) is 25.5 Å². The molecule has 27 heavy (non-hydrogen) atoms. The summed E-state index contributed by atoms with van der Waals surface area (Å²) in [6, 6.07) is 3.38. The number of carbonyl (C=O) groups is 1. The van der Waals surface area contributed by atoms with E-state index in [4.69, 9.17) is 4.74 Å². The third-order valence-electron chi connectivity index (χ3n) is 3.96. The van der Waals surface area contributed by atoms with E-state index >= 15 is 0 Å². The van der Waals surface area contributed by atoms with Crippen LogP contribution in [0.5, 0.6) is 5.75 Å². The van der Waals surface area contributed by atoms with Crippen LogP contribution < -0.4 is 10.1 Å². The van der Waals surface area contributed by atoms with Crippen molar-refractivity contribution in [1.82, 2.24) is 9.62 Å². The zero-order valence-corrected chi connectivity index (χ0v) is 16.9. The third-order valence-corrected chi connectivity index (χ3v) is 6.00. The van der Waals surface area contributed by atoms with Gasteiger partial charge in [-0.25, -0.2) is 8.42 Å². The van der Waals surface area contributed by atoms with Crippen LogP contribution >= 0.6 is 0 Å². The zero-order chi connectivity index (χ0) is 20.6. The first kappa shape index (κ1) is 22.8. The van der Waals surface area contributed by atoms with E-state index in [1.54, 1.807) is 13.8 Å². The van der Waals surface area contributed by atoms with Crippen molar-refractivity contribution in [3.63, 3.8) is 0 Å². The fourth-order valence-corrected chi connectivity index (χ4v) is 4.08. The number of nitro groups is 1. The summed E-state index contributed by atoms with van der Waals surface area (Å²) in [5, 5.41) is 14.1. The smallest absolute Gasteiger partial charge is 0.312 e. The van der Waals surface area contributed by atoms with Gasteiger partial charge in [0.05, 0.1) is 9.82 Å². The van der Waals surface area contributed by atoms with Gasteiger partial charge in [0.2, 0.25) is 10.0 Å². The Bertz CT molecular complexity index is 762. The zero-order valence-electron chi connectivity index (χ0n) is 16.1. The van der Waals surface area contributed by atoms with Crippen molar-refractivity contribution in [3.05, 3.63) is 28.3 Å². The fraction of sp³-hybridized carbons (Fsp3) is 0.588. The maximum atomic E-state index is 12.5. The highest BCUT2D eigenvalue weighted by molar-refractivity contribution is 7.89. The summed E-state index contributed by atoms with van der Waals surface area (Å²) in [5.41, 5.74) is -0.502. The average molecular weight is 401 g/mol. The second-order valence-electron chi connectivity index (χ2n) is 6.02. The Morgan fingerprint density at radius 2 is 1.93 bits per heavy atom. The lowest BCUT2D eigenvalue weighted by Crippen LogP contribution is -2.36. The van der Waals surface area contributed by atoms with Gasteiger partial charge in [-0.3, -0.25) is 14.9 Å². The lowest BCUT2D eigenvalue weighted by atomic mass is 10.2. The summed E-state index contributed by atoms with van der Waals surface area (Å²) in [6.45, 7) is 7.34. The van der Waals surface area contributed by atoms with Crippen molar-refractivity contribution < 1.29 is 22.9 Å². The van der Waals surface area contributed by atoms with E-state index < -0.39 is 33.1 Å². The molecule has 0 aliphatic heterocycles. The molecule has 10 heteroatoms. The Morgan fingerprint density at radius 3 is 2.44 bits per heavy atom. The molecule has 1 aromatic rings. The van der Waals surface area contributed by atoms with E-state index in [0.717, 1.165) is 18.9 Å². The van der Waals surface area contributed by atoms with E-state index in [1.165, 1.54) is 16.4 Å². The Kier molecular flexibility index (Phi) is 8.64. The summed E-state index contributed by atoms with van der Waals surface area (Å²) < 4.78 is 31.5. The molecule has 0 saturated heterocycles. The number of carbonyl (C=O) groups excluding carboxylic acids is 1. The van der Waals surface area contributed by atoms with E-state index in [1.807, 2.05) is 13.8 Å². The molecule has 0 aliphatic carbocycles. The van der Waals surface area contributed by atoms with Crippen molar-refractivity contribution in [2.45, 2.75) is 51.5 Å². The summed E-state index contributed by atoms with van der Waals surface area (Å²) in [5.74, 6) is -0.554. The van der Waals surface area contributed by atoms with E-state index in [-0.39, 0.29) is 29.8 Å². The molecule has 9 nitrogen and oxygen atoms in total. The number of hydrogen-bond donors (Lipinski definition) is 1. The van der Waals surface area contributed by atoms with Gasteiger partial charge in [0.25, 0.3) is 5.91 Å². The third kappa shape index (κ3) is 6.17. The predicted octanol–water partition coefficient (Wildman–Crippen LogP) is 2.31. The van der Waals surface area contributed by atoms with Gasteiger partial charge in [0.15, 0.2) is 12.4 Å². The molecule has 0 aromatic heterocycles. The van der Waals surface area contributed by atoms with Crippen LogP contribution in [0.1, 0.15) is 40.5 Å². The Hall–Kier alpha value is -2.20. The van der Waals surface area contributed by atoms with Crippen LogP contribution in [-0.4, -0.2) is 49.3 Å². The van der Waals surface area contributed by atoms with Gasteiger partial charge in [-0.15, -0.1) is 0 Å². The molecule has 0 fully saturated rings. The number of nitrogens with zero attached hydrogens (tertiary/aromatic N) is 2. The van der Waals surface area contributed by atoms with E-state index in [0.29, 0.717) is 0 Å². The van der Waals surface area contributed by atoms with Gasteiger partial charge in [0, 0.05) is 25.2 Å². The van der Waals surface area contributed by atoms with Crippen molar-refractivity contribution in [2.24, 2.45) is 0 Å². The first-order valence-corrected chi connectivity index (χ1v) is 10.3. The molecule has 1 aromatic carbocycles. The fourth-order valence-electron chi connectivity index (χ4n) is 2.60. The van der Waals surface area contributed by atoms with Crippen LogP contribution in [0.15, 0.2) is 23.1 Å². The number of benzene rings is 1. The number of hydrogen-bond acceptors (Lipinski definition) is 6. The first-order chi connectivity index (χ1) is 12.7. The number of ether oxygens (including phenoxy) is 1. The van der Waals surface area contributed by atoms with Crippen molar-refractivity contribution in [1.29, 1.82) is 0 Å². The van der Waals surface area contributed by atoms with Crippen LogP contribution in [0, 0.1) is 10.1 Å². The lowest BCUT2D eigenvalue weighted by molar-refractivity contribution is -0.386. The highest BCUT2D eigenvalue weighted by Crippen LogP contribution is 2.30. The second-order valence-corrected chi connectivity index (χ2v) is 7.96. The van der Waals surface area contributed by atoms with Gasteiger partial charge >= 0.3 is 5.69 Å². The van der Waals surface area contributed by atoms with E-state index in [9.17, 15) is 23.3 Å². The molecule has 0 saturated carbocycles. The molecule has 1 unspecified atom stereocenters. The highest BCUT2D eigenvalue weighted by atomic mass is 32.2. The number of nitrogens with one attached hydrogen (secondary N) is 1. The Labute approximate surface area is 159 Å². The monoisotopic (exact) mass is 401 g/mol.